The molecule has 0 amide bonds. The summed E-state index contributed by atoms with van der Waals surface area (Å²) in [5.74, 6) is 0.712. The number of rotatable bonds is 5. The molecule has 1 atom stereocenters. The van der Waals surface area contributed by atoms with Gasteiger partial charge in [-0.1, -0.05) is 54.1 Å². The van der Waals surface area contributed by atoms with Crippen LogP contribution in [0, 0.1) is 6.92 Å². The van der Waals surface area contributed by atoms with Gasteiger partial charge in [0.05, 0.1) is 16.6 Å². The van der Waals surface area contributed by atoms with E-state index in [1.807, 2.05) is 61.5 Å². The van der Waals surface area contributed by atoms with Crippen LogP contribution in [-0.4, -0.2) is 20.2 Å². The summed E-state index contributed by atoms with van der Waals surface area (Å²) in [7, 11) is -3.60. The third kappa shape index (κ3) is 3.62. The molecule has 1 aliphatic rings. The van der Waals surface area contributed by atoms with Crippen LogP contribution in [0.1, 0.15) is 11.1 Å². The first-order valence-electron chi connectivity index (χ1n) is 8.92. The molecule has 0 spiro atoms. The number of para-hydroxylation sites is 1. The minimum atomic E-state index is -3.60. The molecule has 1 aliphatic heterocycles. The highest BCUT2D eigenvalue weighted by atomic mass is 32.2. The third-order valence-corrected chi connectivity index (χ3v) is 7.82. The molecule has 1 heterocycles. The lowest BCUT2D eigenvalue weighted by molar-refractivity contribution is 0.585. The van der Waals surface area contributed by atoms with Gasteiger partial charge in [0.1, 0.15) is 0 Å². The van der Waals surface area contributed by atoms with Gasteiger partial charge in [-0.05, 0) is 49.2 Å². The van der Waals surface area contributed by atoms with Crippen LogP contribution in [0.2, 0.25) is 0 Å². The van der Waals surface area contributed by atoms with Crippen LogP contribution in [-0.2, 0) is 16.4 Å². The summed E-state index contributed by atoms with van der Waals surface area (Å²) in [6, 6.07) is 24.9. The van der Waals surface area contributed by atoms with Gasteiger partial charge in [0.15, 0.2) is 0 Å². The molecule has 3 nitrogen and oxygen atoms in total. The fourth-order valence-electron chi connectivity index (χ4n) is 3.42. The summed E-state index contributed by atoms with van der Waals surface area (Å²) < 4.78 is 28.5. The van der Waals surface area contributed by atoms with Crippen LogP contribution in [0.5, 0.6) is 0 Å². The maximum atomic E-state index is 13.4. The van der Waals surface area contributed by atoms with Crippen molar-refractivity contribution < 1.29 is 8.42 Å². The van der Waals surface area contributed by atoms with Crippen molar-refractivity contribution in [3.63, 3.8) is 0 Å². The molecule has 5 heteroatoms. The molecule has 0 saturated carbocycles. The molecular formula is C22H21NO2S2. The van der Waals surface area contributed by atoms with Crippen LogP contribution in [0.4, 0.5) is 5.69 Å². The van der Waals surface area contributed by atoms with Crippen molar-refractivity contribution >= 4 is 27.5 Å². The van der Waals surface area contributed by atoms with Gasteiger partial charge in [-0.15, -0.1) is 11.8 Å². The fourth-order valence-corrected chi connectivity index (χ4v) is 6.20. The van der Waals surface area contributed by atoms with Gasteiger partial charge in [0.25, 0.3) is 10.0 Å². The summed E-state index contributed by atoms with van der Waals surface area (Å²) in [6.07, 6.45) is 0.737. The van der Waals surface area contributed by atoms with Crippen molar-refractivity contribution in [2.45, 2.75) is 29.2 Å². The first kappa shape index (κ1) is 18.1. The number of sulfonamides is 1. The molecule has 0 aliphatic carbocycles. The lowest BCUT2D eigenvalue weighted by Gasteiger charge is -2.27. The molecule has 0 saturated heterocycles. The zero-order valence-electron chi connectivity index (χ0n) is 15.1. The van der Waals surface area contributed by atoms with Gasteiger partial charge in [0.2, 0.25) is 0 Å². The summed E-state index contributed by atoms with van der Waals surface area (Å²) >= 11 is 1.70. The molecule has 3 aromatic rings. The SMILES string of the molecule is Cc1ccc(S(=O)(=O)N2c3ccccc3CC2CSc2ccccc2)cc1. The van der Waals surface area contributed by atoms with Gasteiger partial charge in [-0.2, -0.15) is 0 Å². The first-order chi connectivity index (χ1) is 13.1. The molecule has 0 bridgehead atoms. The molecule has 4 rings (SSSR count). The van der Waals surface area contributed by atoms with Crippen molar-refractivity contribution in [3.8, 4) is 0 Å². The number of anilines is 1. The normalized spacial score (nSPS) is 16.3. The molecule has 0 fully saturated rings. The van der Waals surface area contributed by atoms with E-state index in [1.54, 1.807) is 28.2 Å². The van der Waals surface area contributed by atoms with E-state index >= 15 is 0 Å². The van der Waals surface area contributed by atoms with Crippen LogP contribution < -0.4 is 4.31 Å². The second kappa shape index (κ2) is 7.41. The maximum Gasteiger partial charge on any atom is 0.264 e. The van der Waals surface area contributed by atoms with E-state index in [9.17, 15) is 8.42 Å². The Morgan fingerprint density at radius 2 is 1.59 bits per heavy atom. The predicted molar refractivity (Wildman–Crippen MR) is 112 cm³/mol. The van der Waals surface area contributed by atoms with Crippen LogP contribution in [0.25, 0.3) is 0 Å². The van der Waals surface area contributed by atoms with E-state index in [0.717, 1.165) is 28.1 Å². The van der Waals surface area contributed by atoms with Gasteiger partial charge in [-0.25, -0.2) is 8.42 Å². The van der Waals surface area contributed by atoms with E-state index in [2.05, 4.69) is 12.1 Å². The Bertz CT molecular complexity index is 1030. The van der Waals surface area contributed by atoms with E-state index < -0.39 is 10.0 Å². The predicted octanol–water partition coefficient (Wildman–Crippen LogP) is 4.91. The maximum absolute atomic E-state index is 13.4. The second-order valence-corrected chi connectivity index (χ2v) is 9.63. The Labute approximate surface area is 165 Å². The van der Waals surface area contributed by atoms with Crippen molar-refractivity contribution in [2.75, 3.05) is 10.1 Å². The Hall–Kier alpha value is -2.24. The number of hydrogen-bond donors (Lipinski definition) is 0. The third-order valence-electron chi connectivity index (χ3n) is 4.78. The van der Waals surface area contributed by atoms with E-state index in [0.29, 0.717) is 10.6 Å². The topological polar surface area (TPSA) is 37.4 Å². The quantitative estimate of drug-likeness (QED) is 0.576. The molecule has 27 heavy (non-hydrogen) atoms. The summed E-state index contributed by atoms with van der Waals surface area (Å²) in [4.78, 5) is 1.50. The standard InChI is InChI=1S/C22H21NO2S2/c1-17-11-13-21(14-12-17)27(24,25)23-19(15-18-7-5-6-10-22(18)23)16-26-20-8-3-2-4-9-20/h2-14,19H,15-16H2,1H3. The molecule has 3 aromatic carbocycles. The van der Waals surface area contributed by atoms with E-state index in [4.69, 9.17) is 0 Å². The fraction of sp³-hybridized carbons (Fsp3) is 0.182. The number of thioether (sulfide) groups is 1. The van der Waals surface area contributed by atoms with E-state index in [-0.39, 0.29) is 6.04 Å². The smallest absolute Gasteiger partial charge is 0.262 e. The lowest BCUT2D eigenvalue weighted by Crippen LogP contribution is -2.39. The Kier molecular flexibility index (Phi) is 4.98. The zero-order valence-corrected chi connectivity index (χ0v) is 16.7. The van der Waals surface area contributed by atoms with Crippen molar-refractivity contribution in [1.29, 1.82) is 0 Å². The summed E-state index contributed by atoms with van der Waals surface area (Å²) in [5, 5.41) is 0. The van der Waals surface area contributed by atoms with Crippen LogP contribution >= 0.6 is 11.8 Å². The Morgan fingerprint density at radius 1 is 0.926 bits per heavy atom. The van der Waals surface area contributed by atoms with Gasteiger partial charge >= 0.3 is 0 Å². The molecule has 0 radical (unpaired) electrons. The summed E-state index contributed by atoms with van der Waals surface area (Å²) in [5.41, 5.74) is 2.94. The minimum absolute atomic E-state index is 0.0982. The number of fused-ring (bicyclic) bond motifs is 1. The van der Waals surface area contributed by atoms with Crippen LogP contribution in [0.15, 0.2) is 88.7 Å². The number of hydrogen-bond acceptors (Lipinski definition) is 3. The molecule has 1 unspecified atom stereocenters. The average Bonchev–Trinajstić information content (AvgIpc) is 3.07. The number of aryl methyl sites for hydroxylation is 1. The average molecular weight is 396 g/mol. The molecule has 0 aromatic heterocycles. The van der Waals surface area contributed by atoms with Crippen molar-refractivity contribution in [3.05, 3.63) is 90.0 Å². The Balaban J connectivity index is 1.68. The summed E-state index contributed by atoms with van der Waals surface area (Å²) in [6.45, 7) is 1.96. The second-order valence-electron chi connectivity index (χ2n) is 6.72. The number of benzene rings is 3. The largest absolute Gasteiger partial charge is 0.264 e. The zero-order chi connectivity index (χ0) is 18.9. The molecular weight excluding hydrogens is 374 g/mol. The highest BCUT2D eigenvalue weighted by Gasteiger charge is 2.38. The highest BCUT2D eigenvalue weighted by molar-refractivity contribution is 7.99. The molecule has 138 valence electrons. The minimum Gasteiger partial charge on any atom is -0.262 e. The van der Waals surface area contributed by atoms with E-state index in [1.165, 1.54) is 0 Å². The van der Waals surface area contributed by atoms with Crippen molar-refractivity contribution in [2.24, 2.45) is 0 Å². The monoisotopic (exact) mass is 395 g/mol. The molecule has 0 N–H and O–H groups in total. The van der Waals surface area contributed by atoms with Gasteiger partial charge < -0.3 is 0 Å². The van der Waals surface area contributed by atoms with Gasteiger partial charge in [-0.3, -0.25) is 4.31 Å². The van der Waals surface area contributed by atoms with Gasteiger partial charge in [0, 0.05) is 10.6 Å². The highest BCUT2D eigenvalue weighted by Crippen LogP contribution is 2.38. The Morgan fingerprint density at radius 3 is 2.33 bits per heavy atom. The first-order valence-corrected chi connectivity index (χ1v) is 11.3. The number of nitrogens with zero attached hydrogens (tertiary/aromatic N) is 1. The van der Waals surface area contributed by atoms with Crippen LogP contribution in [0.3, 0.4) is 0 Å². The lowest BCUT2D eigenvalue weighted by atomic mass is 10.1. The van der Waals surface area contributed by atoms with Crippen molar-refractivity contribution in [1.82, 2.24) is 0 Å².